The maximum absolute atomic E-state index is 11.5. The van der Waals surface area contributed by atoms with Crippen LogP contribution < -0.4 is 0 Å². The molecule has 0 aromatic heterocycles. The number of carbonyl (C=O) groups is 1. The Kier molecular flexibility index (Phi) is 5.18. The Morgan fingerprint density at radius 3 is 2.31 bits per heavy atom. The van der Waals surface area contributed by atoms with E-state index >= 15 is 0 Å². The van der Waals surface area contributed by atoms with Crippen LogP contribution in [0.3, 0.4) is 0 Å². The summed E-state index contributed by atoms with van der Waals surface area (Å²) in [5, 5.41) is 9.49. The first kappa shape index (κ1) is 13.4. The zero-order valence-electron chi connectivity index (χ0n) is 10.3. The van der Waals surface area contributed by atoms with E-state index < -0.39 is 0 Å². The highest BCUT2D eigenvalue weighted by molar-refractivity contribution is 5.77. The second kappa shape index (κ2) is 6.18. The van der Waals surface area contributed by atoms with Gasteiger partial charge in [-0.15, -0.1) is 0 Å². The van der Waals surface area contributed by atoms with Crippen LogP contribution in [0.5, 0.6) is 0 Å². The monoisotopic (exact) mass is 230 g/mol. The van der Waals surface area contributed by atoms with E-state index in [1.54, 1.807) is 6.92 Å². The Balaban J connectivity index is 2.36. The third kappa shape index (κ3) is 3.43. The number of carbonyl (C=O) groups excluding carboxylic acids is 1. The number of ether oxygens (including phenoxy) is 1. The third-order valence-electron chi connectivity index (χ3n) is 3.21. The second-order valence-electron chi connectivity index (χ2n) is 4.33. The Bertz CT molecular complexity index is 225. The van der Waals surface area contributed by atoms with Gasteiger partial charge in [-0.2, -0.15) is 0 Å². The minimum atomic E-state index is -0.332. The fourth-order valence-electron chi connectivity index (χ4n) is 1.90. The molecule has 5 heteroatoms. The van der Waals surface area contributed by atoms with Gasteiger partial charge >= 0.3 is 0 Å². The predicted octanol–water partition coefficient (Wildman–Crippen LogP) is -0.454. The summed E-state index contributed by atoms with van der Waals surface area (Å²) in [6.45, 7) is 7.05. The van der Waals surface area contributed by atoms with E-state index in [0.29, 0.717) is 0 Å². The van der Waals surface area contributed by atoms with Crippen LogP contribution in [0, 0.1) is 0 Å². The molecule has 0 unspecified atom stereocenters. The van der Waals surface area contributed by atoms with Crippen LogP contribution in [0.15, 0.2) is 0 Å². The quantitative estimate of drug-likeness (QED) is 0.710. The first-order valence-corrected chi connectivity index (χ1v) is 5.75. The number of amides is 1. The molecule has 94 valence electrons. The van der Waals surface area contributed by atoms with E-state index in [4.69, 9.17) is 4.74 Å². The molecule has 1 fully saturated rings. The van der Waals surface area contributed by atoms with Crippen molar-refractivity contribution in [2.45, 2.75) is 26.0 Å². The number of aliphatic hydroxyl groups excluding tert-OH is 1. The molecule has 0 aromatic carbocycles. The molecule has 0 aliphatic carbocycles. The molecule has 1 aliphatic heterocycles. The van der Waals surface area contributed by atoms with Crippen molar-refractivity contribution in [2.24, 2.45) is 0 Å². The highest BCUT2D eigenvalue weighted by Crippen LogP contribution is 2.09. The first-order chi connectivity index (χ1) is 7.56. The maximum atomic E-state index is 11.5. The van der Waals surface area contributed by atoms with Crippen molar-refractivity contribution in [2.75, 3.05) is 39.9 Å². The van der Waals surface area contributed by atoms with E-state index in [9.17, 15) is 9.90 Å². The first-order valence-electron chi connectivity index (χ1n) is 5.75. The fourth-order valence-corrected chi connectivity index (χ4v) is 1.90. The van der Waals surface area contributed by atoms with Crippen molar-refractivity contribution in [3.63, 3.8) is 0 Å². The summed E-state index contributed by atoms with van der Waals surface area (Å²) in [5.41, 5.74) is 0. The summed E-state index contributed by atoms with van der Waals surface area (Å²) in [5.74, 6) is 0.0480. The van der Waals surface area contributed by atoms with Gasteiger partial charge in [0.15, 0.2) is 0 Å². The molecule has 1 rings (SSSR count). The van der Waals surface area contributed by atoms with E-state index in [1.807, 2.05) is 11.8 Å². The molecular weight excluding hydrogens is 208 g/mol. The van der Waals surface area contributed by atoms with Crippen molar-refractivity contribution in [1.29, 1.82) is 0 Å². The Morgan fingerprint density at radius 2 is 1.88 bits per heavy atom. The minimum absolute atomic E-state index is 0.0480. The van der Waals surface area contributed by atoms with Gasteiger partial charge in [0.25, 0.3) is 0 Å². The van der Waals surface area contributed by atoms with Crippen molar-refractivity contribution in [1.82, 2.24) is 9.80 Å². The van der Waals surface area contributed by atoms with E-state index in [1.165, 1.54) is 7.11 Å². The number of nitrogens with zero attached hydrogens (tertiary/aromatic N) is 2. The zero-order valence-corrected chi connectivity index (χ0v) is 10.3. The Morgan fingerprint density at radius 1 is 1.31 bits per heavy atom. The number of piperazine rings is 1. The summed E-state index contributed by atoms with van der Waals surface area (Å²) in [4.78, 5) is 15.6. The lowest BCUT2D eigenvalue weighted by Crippen LogP contribution is -2.54. The molecule has 0 radical (unpaired) electrons. The molecule has 1 aliphatic rings. The maximum Gasteiger partial charge on any atom is 0.248 e. The zero-order chi connectivity index (χ0) is 12.1. The van der Waals surface area contributed by atoms with Crippen LogP contribution in [0.4, 0.5) is 0 Å². The van der Waals surface area contributed by atoms with E-state index in [-0.39, 0.29) is 24.7 Å². The van der Waals surface area contributed by atoms with E-state index in [2.05, 4.69) is 4.90 Å². The number of aliphatic hydroxyl groups is 1. The molecule has 0 saturated carbocycles. The molecule has 5 nitrogen and oxygen atoms in total. The second-order valence-corrected chi connectivity index (χ2v) is 4.33. The minimum Gasteiger partial charge on any atom is -0.392 e. The molecule has 16 heavy (non-hydrogen) atoms. The number of rotatable bonds is 4. The molecule has 0 bridgehead atoms. The topological polar surface area (TPSA) is 53.0 Å². The van der Waals surface area contributed by atoms with E-state index in [0.717, 1.165) is 26.2 Å². The van der Waals surface area contributed by atoms with Gasteiger partial charge in [-0.05, 0) is 13.8 Å². The number of methoxy groups -OCH3 is 1. The van der Waals surface area contributed by atoms with Gasteiger partial charge in [-0.1, -0.05) is 0 Å². The van der Waals surface area contributed by atoms with Crippen molar-refractivity contribution in [3.05, 3.63) is 0 Å². The van der Waals surface area contributed by atoms with Gasteiger partial charge < -0.3 is 14.7 Å². The molecule has 1 saturated heterocycles. The molecule has 0 aromatic rings. The summed E-state index contributed by atoms with van der Waals surface area (Å²) in [6.07, 6.45) is -0.332. The van der Waals surface area contributed by atoms with Crippen LogP contribution >= 0.6 is 0 Å². The van der Waals surface area contributed by atoms with Crippen LogP contribution in [0.25, 0.3) is 0 Å². The lowest BCUT2D eigenvalue weighted by Gasteiger charge is -2.38. The Hall–Kier alpha value is -0.650. The van der Waals surface area contributed by atoms with Gasteiger partial charge in [-0.3, -0.25) is 9.69 Å². The smallest absolute Gasteiger partial charge is 0.248 e. The van der Waals surface area contributed by atoms with Crippen LogP contribution in [-0.2, 0) is 9.53 Å². The lowest BCUT2D eigenvalue weighted by atomic mass is 10.1. The SMILES string of the molecule is COCC(=O)N1CCN([C@H](C)[C@@H](C)O)CC1. The largest absolute Gasteiger partial charge is 0.392 e. The third-order valence-corrected chi connectivity index (χ3v) is 3.21. The summed E-state index contributed by atoms with van der Waals surface area (Å²) in [6, 6.07) is 0.152. The number of hydrogen-bond acceptors (Lipinski definition) is 4. The molecule has 1 amide bonds. The fraction of sp³-hybridized carbons (Fsp3) is 0.909. The lowest BCUT2D eigenvalue weighted by molar-refractivity contribution is -0.137. The molecule has 1 N–H and O–H groups in total. The van der Waals surface area contributed by atoms with Gasteiger partial charge in [0.2, 0.25) is 5.91 Å². The predicted molar refractivity (Wildman–Crippen MR) is 61.2 cm³/mol. The Labute approximate surface area is 97.0 Å². The summed E-state index contributed by atoms with van der Waals surface area (Å²) in [7, 11) is 1.53. The average molecular weight is 230 g/mol. The van der Waals surface area contributed by atoms with Gasteiger partial charge in [0, 0.05) is 39.3 Å². The van der Waals surface area contributed by atoms with Crippen LogP contribution in [0.2, 0.25) is 0 Å². The molecular formula is C11H22N2O3. The van der Waals surface area contributed by atoms with Crippen LogP contribution in [-0.4, -0.2) is 72.9 Å². The van der Waals surface area contributed by atoms with Crippen LogP contribution in [0.1, 0.15) is 13.8 Å². The average Bonchev–Trinajstić information content (AvgIpc) is 2.28. The molecule has 1 heterocycles. The normalized spacial score (nSPS) is 21.9. The van der Waals surface area contributed by atoms with Gasteiger partial charge in [-0.25, -0.2) is 0 Å². The standard InChI is InChI=1S/C11H22N2O3/c1-9(10(2)14)12-4-6-13(7-5-12)11(15)8-16-3/h9-10,14H,4-8H2,1-3H3/t9-,10-/m1/s1. The highest BCUT2D eigenvalue weighted by atomic mass is 16.5. The molecule has 2 atom stereocenters. The van der Waals surface area contributed by atoms with Gasteiger partial charge in [0.05, 0.1) is 6.10 Å². The highest BCUT2D eigenvalue weighted by Gasteiger charge is 2.25. The number of hydrogen-bond donors (Lipinski definition) is 1. The molecule has 0 spiro atoms. The van der Waals surface area contributed by atoms with Gasteiger partial charge in [0.1, 0.15) is 6.61 Å². The van der Waals surface area contributed by atoms with Crippen molar-refractivity contribution < 1.29 is 14.6 Å². The van der Waals surface area contributed by atoms with Crippen molar-refractivity contribution >= 4 is 5.91 Å². The summed E-state index contributed by atoms with van der Waals surface area (Å²) < 4.78 is 4.82. The summed E-state index contributed by atoms with van der Waals surface area (Å²) >= 11 is 0. The van der Waals surface area contributed by atoms with Crippen molar-refractivity contribution in [3.8, 4) is 0 Å².